The molecule has 0 unspecified atom stereocenters. The van der Waals surface area contributed by atoms with E-state index in [1.54, 1.807) is 48.7 Å². The molecule has 1 heterocycles. The molecule has 2 aromatic rings. The topological polar surface area (TPSA) is 62.2 Å². The van der Waals surface area contributed by atoms with E-state index in [0.29, 0.717) is 11.4 Å². The summed E-state index contributed by atoms with van der Waals surface area (Å²) in [4.78, 5) is 15.7. The van der Waals surface area contributed by atoms with Crippen LogP contribution >= 0.6 is 0 Å². The second-order valence-electron chi connectivity index (χ2n) is 3.52. The van der Waals surface area contributed by atoms with Crippen molar-refractivity contribution in [3.63, 3.8) is 0 Å². The van der Waals surface area contributed by atoms with Crippen molar-refractivity contribution in [1.29, 1.82) is 0 Å². The van der Waals surface area contributed by atoms with Gasteiger partial charge in [0.1, 0.15) is 5.82 Å². The van der Waals surface area contributed by atoms with Crippen molar-refractivity contribution in [2.24, 2.45) is 0 Å². The quantitative estimate of drug-likeness (QED) is 0.841. The van der Waals surface area contributed by atoms with Crippen molar-refractivity contribution in [3.05, 3.63) is 60.3 Å². The van der Waals surface area contributed by atoms with E-state index in [-0.39, 0.29) is 0 Å². The number of nitrogens with one attached hydrogen (secondary N) is 1. The lowest BCUT2D eigenvalue weighted by Crippen LogP contribution is -2.21. The summed E-state index contributed by atoms with van der Waals surface area (Å²) in [6.07, 6.45) is 0.392. The van der Waals surface area contributed by atoms with Crippen LogP contribution in [0.4, 0.5) is 5.82 Å². The lowest BCUT2D eigenvalue weighted by atomic mass is 10.1. The van der Waals surface area contributed by atoms with Gasteiger partial charge in [0.2, 0.25) is 0 Å². The highest BCUT2D eigenvalue weighted by Gasteiger charge is 2.16. The first-order chi connectivity index (χ1) is 8.27. The van der Waals surface area contributed by atoms with Crippen molar-refractivity contribution in [3.8, 4) is 0 Å². The molecule has 0 saturated carbocycles. The summed E-state index contributed by atoms with van der Waals surface area (Å²) < 4.78 is 0. The van der Waals surface area contributed by atoms with Crippen LogP contribution in [0.2, 0.25) is 0 Å². The third-order valence-corrected chi connectivity index (χ3v) is 2.28. The third-order valence-electron chi connectivity index (χ3n) is 2.28. The molecule has 0 bridgehead atoms. The van der Waals surface area contributed by atoms with Gasteiger partial charge in [-0.3, -0.25) is 4.79 Å². The second kappa shape index (κ2) is 5.23. The van der Waals surface area contributed by atoms with Crippen molar-refractivity contribution < 1.29 is 9.90 Å². The number of aliphatic hydroxyl groups is 1. The zero-order valence-corrected chi connectivity index (χ0v) is 9.08. The summed E-state index contributed by atoms with van der Waals surface area (Å²) in [5.74, 6) is -0.0672. The first kappa shape index (κ1) is 11.3. The van der Waals surface area contributed by atoms with Gasteiger partial charge in [0.05, 0.1) is 0 Å². The number of aromatic nitrogens is 1. The Morgan fingerprint density at radius 2 is 1.82 bits per heavy atom. The summed E-state index contributed by atoms with van der Waals surface area (Å²) in [5, 5.41) is 12.4. The fourth-order valence-corrected chi connectivity index (χ4v) is 1.42. The molecule has 1 atom stereocenters. The van der Waals surface area contributed by atoms with Gasteiger partial charge in [-0.1, -0.05) is 36.4 Å². The smallest absolute Gasteiger partial charge is 0.258 e. The van der Waals surface area contributed by atoms with Crippen LogP contribution in [-0.4, -0.2) is 16.0 Å². The molecular formula is C13H12N2O2. The lowest BCUT2D eigenvalue weighted by molar-refractivity contribution is -0.124. The number of pyridine rings is 1. The predicted octanol–water partition coefficient (Wildman–Crippen LogP) is 1.75. The number of aliphatic hydroxyl groups excluding tert-OH is 1. The molecule has 0 radical (unpaired) electrons. The highest BCUT2D eigenvalue weighted by molar-refractivity contribution is 5.93. The van der Waals surface area contributed by atoms with Gasteiger partial charge < -0.3 is 10.4 Å². The lowest BCUT2D eigenvalue weighted by Gasteiger charge is -2.10. The molecule has 0 saturated heterocycles. The Bertz CT molecular complexity index is 485. The van der Waals surface area contributed by atoms with Gasteiger partial charge in [-0.15, -0.1) is 0 Å². The molecule has 0 spiro atoms. The first-order valence-electron chi connectivity index (χ1n) is 5.22. The van der Waals surface area contributed by atoms with Gasteiger partial charge in [-0.2, -0.15) is 0 Å². The average Bonchev–Trinajstić information content (AvgIpc) is 2.40. The number of rotatable bonds is 3. The number of anilines is 1. The van der Waals surface area contributed by atoms with E-state index < -0.39 is 12.0 Å². The van der Waals surface area contributed by atoms with E-state index in [4.69, 9.17) is 0 Å². The normalized spacial score (nSPS) is 11.8. The van der Waals surface area contributed by atoms with Crippen LogP contribution in [0.25, 0.3) is 0 Å². The second-order valence-corrected chi connectivity index (χ2v) is 3.52. The summed E-state index contributed by atoms with van der Waals surface area (Å²) in [6, 6.07) is 13.9. The molecule has 1 aromatic carbocycles. The van der Waals surface area contributed by atoms with Gasteiger partial charge in [-0.05, 0) is 17.7 Å². The molecule has 0 aliphatic carbocycles. The number of carbonyl (C=O) groups is 1. The predicted molar refractivity (Wildman–Crippen MR) is 64.3 cm³/mol. The van der Waals surface area contributed by atoms with Gasteiger partial charge in [0.15, 0.2) is 6.10 Å². The van der Waals surface area contributed by atoms with E-state index in [1.807, 2.05) is 6.07 Å². The van der Waals surface area contributed by atoms with Gasteiger partial charge in [0.25, 0.3) is 5.91 Å². The van der Waals surface area contributed by atoms with E-state index in [0.717, 1.165) is 0 Å². The Morgan fingerprint density at radius 3 is 2.47 bits per heavy atom. The van der Waals surface area contributed by atoms with Crippen molar-refractivity contribution in [1.82, 2.24) is 4.98 Å². The molecule has 0 aliphatic heterocycles. The van der Waals surface area contributed by atoms with Crippen LogP contribution in [-0.2, 0) is 4.79 Å². The molecule has 1 amide bonds. The minimum Gasteiger partial charge on any atom is -0.378 e. The maximum Gasteiger partial charge on any atom is 0.258 e. The summed E-state index contributed by atoms with van der Waals surface area (Å²) in [6.45, 7) is 0. The Labute approximate surface area is 98.9 Å². The molecule has 17 heavy (non-hydrogen) atoms. The molecule has 1 aromatic heterocycles. The van der Waals surface area contributed by atoms with Crippen molar-refractivity contribution >= 4 is 11.7 Å². The molecule has 4 nitrogen and oxygen atoms in total. The van der Waals surface area contributed by atoms with Crippen molar-refractivity contribution in [2.45, 2.75) is 6.10 Å². The van der Waals surface area contributed by atoms with Crippen LogP contribution in [0.15, 0.2) is 54.7 Å². The maximum absolute atomic E-state index is 11.7. The molecule has 0 aliphatic rings. The molecular weight excluding hydrogens is 216 g/mol. The van der Waals surface area contributed by atoms with E-state index in [2.05, 4.69) is 10.3 Å². The largest absolute Gasteiger partial charge is 0.378 e. The van der Waals surface area contributed by atoms with Gasteiger partial charge >= 0.3 is 0 Å². The van der Waals surface area contributed by atoms with Crippen LogP contribution in [0.1, 0.15) is 11.7 Å². The molecule has 2 rings (SSSR count). The SMILES string of the molecule is O=C(Nc1ccccn1)[C@@H](O)c1ccccc1. The first-order valence-corrected chi connectivity index (χ1v) is 5.22. The van der Waals surface area contributed by atoms with Crippen LogP contribution in [0, 0.1) is 0 Å². The van der Waals surface area contributed by atoms with Crippen molar-refractivity contribution in [2.75, 3.05) is 5.32 Å². The minimum absolute atomic E-state index is 0.424. The Balaban J connectivity index is 2.06. The fraction of sp³-hybridized carbons (Fsp3) is 0.0769. The standard InChI is InChI=1S/C13H12N2O2/c16-12(10-6-2-1-3-7-10)13(17)15-11-8-4-5-9-14-11/h1-9,12,16H,(H,14,15,17)/t12-/m0/s1. The number of nitrogens with zero attached hydrogens (tertiary/aromatic N) is 1. The highest BCUT2D eigenvalue weighted by Crippen LogP contribution is 2.14. The molecule has 0 fully saturated rings. The third kappa shape index (κ3) is 2.89. The Kier molecular flexibility index (Phi) is 3.47. The van der Waals surface area contributed by atoms with E-state index in [9.17, 15) is 9.90 Å². The van der Waals surface area contributed by atoms with Crippen LogP contribution < -0.4 is 5.32 Å². The van der Waals surface area contributed by atoms with Gasteiger partial charge in [0, 0.05) is 6.20 Å². The summed E-state index contributed by atoms with van der Waals surface area (Å²) in [5.41, 5.74) is 0.556. The number of carbonyl (C=O) groups excluding carboxylic acids is 1. The van der Waals surface area contributed by atoms with Crippen LogP contribution in [0.5, 0.6) is 0 Å². The molecule has 2 N–H and O–H groups in total. The van der Waals surface area contributed by atoms with E-state index >= 15 is 0 Å². The summed E-state index contributed by atoms with van der Waals surface area (Å²) >= 11 is 0. The van der Waals surface area contributed by atoms with Gasteiger partial charge in [-0.25, -0.2) is 4.98 Å². The zero-order chi connectivity index (χ0) is 12.1. The van der Waals surface area contributed by atoms with Crippen LogP contribution in [0.3, 0.4) is 0 Å². The highest BCUT2D eigenvalue weighted by atomic mass is 16.3. The monoisotopic (exact) mass is 228 g/mol. The zero-order valence-electron chi connectivity index (χ0n) is 9.08. The molecule has 86 valence electrons. The Hall–Kier alpha value is -2.20. The molecule has 4 heteroatoms. The summed E-state index contributed by atoms with van der Waals surface area (Å²) in [7, 11) is 0. The number of hydrogen-bond acceptors (Lipinski definition) is 3. The Morgan fingerprint density at radius 1 is 1.12 bits per heavy atom. The fourth-order valence-electron chi connectivity index (χ4n) is 1.42. The number of benzene rings is 1. The maximum atomic E-state index is 11.7. The number of hydrogen-bond donors (Lipinski definition) is 2. The average molecular weight is 228 g/mol. The number of amides is 1. The minimum atomic E-state index is -1.18. The van der Waals surface area contributed by atoms with E-state index in [1.165, 1.54) is 0 Å².